The van der Waals surface area contributed by atoms with Gasteiger partial charge >= 0.3 is 0 Å². The average Bonchev–Trinajstić information content (AvgIpc) is 2.40. The van der Waals surface area contributed by atoms with E-state index in [4.69, 9.17) is 11.6 Å². The number of halogens is 1. The lowest BCUT2D eigenvalue weighted by molar-refractivity contribution is 0.372. The molecule has 2 heterocycles. The van der Waals surface area contributed by atoms with Crippen LogP contribution in [-0.2, 0) is 0 Å². The van der Waals surface area contributed by atoms with Gasteiger partial charge in [-0.2, -0.15) is 4.98 Å². The predicted octanol–water partition coefficient (Wildman–Crippen LogP) is 1.97. The normalized spacial score (nSPS) is 17.2. The van der Waals surface area contributed by atoms with E-state index in [-0.39, 0.29) is 5.56 Å². The molecule has 3 rings (SSSR count). The fraction of sp³-hybridized carbons (Fsp3) is 0.385. The molecule has 1 N–H and O–H groups in total. The van der Waals surface area contributed by atoms with Gasteiger partial charge in [0.2, 0.25) is 0 Å². The standard InChI is InChI=1S/C13H14ClN3O/c14-10-2-1-3-11-12(10)13(18)16-8-17(11)9-4-6-15-7-5-9/h1-3,8-9,15H,4-7H2. The first-order chi connectivity index (χ1) is 8.77. The molecule has 0 atom stereocenters. The minimum Gasteiger partial charge on any atom is -0.328 e. The third-order valence-corrected chi connectivity index (χ3v) is 3.80. The van der Waals surface area contributed by atoms with Crippen LogP contribution in [0.25, 0.3) is 10.9 Å². The summed E-state index contributed by atoms with van der Waals surface area (Å²) in [5.41, 5.74) is 0.634. The van der Waals surface area contributed by atoms with E-state index in [1.807, 2.05) is 12.1 Å². The van der Waals surface area contributed by atoms with Crippen LogP contribution in [0, 0.1) is 0 Å². The Bertz CT molecular complexity index is 632. The van der Waals surface area contributed by atoms with Gasteiger partial charge in [0.25, 0.3) is 5.56 Å². The van der Waals surface area contributed by atoms with E-state index in [1.165, 1.54) is 0 Å². The summed E-state index contributed by atoms with van der Waals surface area (Å²) in [6.45, 7) is 2.00. The van der Waals surface area contributed by atoms with E-state index < -0.39 is 0 Å². The molecule has 2 aromatic rings. The largest absolute Gasteiger partial charge is 0.328 e. The molecule has 0 amide bonds. The zero-order valence-corrected chi connectivity index (χ0v) is 10.7. The van der Waals surface area contributed by atoms with Crippen molar-refractivity contribution >= 4 is 22.5 Å². The summed E-state index contributed by atoms with van der Waals surface area (Å²) in [6, 6.07) is 5.94. The van der Waals surface area contributed by atoms with Crippen LogP contribution in [0.4, 0.5) is 0 Å². The van der Waals surface area contributed by atoms with Crippen LogP contribution < -0.4 is 10.9 Å². The van der Waals surface area contributed by atoms with Crippen LogP contribution in [0.15, 0.2) is 29.3 Å². The van der Waals surface area contributed by atoms with Gasteiger partial charge in [-0.25, -0.2) is 0 Å². The maximum atomic E-state index is 11.8. The topological polar surface area (TPSA) is 46.9 Å². The molecule has 0 radical (unpaired) electrons. The molecular formula is C13H14ClN3O. The van der Waals surface area contributed by atoms with E-state index in [0.29, 0.717) is 16.5 Å². The summed E-state index contributed by atoms with van der Waals surface area (Å²) < 4.78 is 2.09. The van der Waals surface area contributed by atoms with E-state index >= 15 is 0 Å². The molecule has 94 valence electrons. The molecule has 1 aliphatic heterocycles. The fourth-order valence-corrected chi connectivity index (χ4v) is 2.81. The highest BCUT2D eigenvalue weighted by molar-refractivity contribution is 6.35. The average molecular weight is 264 g/mol. The Morgan fingerprint density at radius 3 is 2.89 bits per heavy atom. The lowest BCUT2D eigenvalue weighted by atomic mass is 10.1. The number of nitrogens with zero attached hydrogens (tertiary/aromatic N) is 2. The first kappa shape index (κ1) is 11.7. The van der Waals surface area contributed by atoms with Gasteiger partial charge in [0.15, 0.2) is 0 Å². The first-order valence-electron chi connectivity index (χ1n) is 6.13. The van der Waals surface area contributed by atoms with Crippen LogP contribution in [0.1, 0.15) is 18.9 Å². The van der Waals surface area contributed by atoms with E-state index in [2.05, 4.69) is 14.9 Å². The molecule has 0 bridgehead atoms. The quantitative estimate of drug-likeness (QED) is 0.856. The second kappa shape index (κ2) is 4.71. The molecular weight excluding hydrogens is 250 g/mol. The Balaban J connectivity index is 2.21. The number of nitrogens with one attached hydrogen (secondary N) is 1. The Hall–Kier alpha value is -1.39. The highest BCUT2D eigenvalue weighted by Crippen LogP contribution is 2.25. The number of aromatic nitrogens is 2. The lowest BCUT2D eigenvalue weighted by Gasteiger charge is -2.26. The van der Waals surface area contributed by atoms with Crippen molar-refractivity contribution in [3.63, 3.8) is 0 Å². The molecule has 0 aliphatic carbocycles. The van der Waals surface area contributed by atoms with Gasteiger partial charge in [-0.15, -0.1) is 0 Å². The summed E-state index contributed by atoms with van der Waals surface area (Å²) in [6.07, 6.45) is 3.75. The van der Waals surface area contributed by atoms with Gasteiger partial charge in [-0.05, 0) is 38.1 Å². The van der Waals surface area contributed by atoms with Crippen LogP contribution >= 0.6 is 11.6 Å². The molecule has 5 heteroatoms. The molecule has 18 heavy (non-hydrogen) atoms. The zero-order valence-electron chi connectivity index (χ0n) is 9.90. The van der Waals surface area contributed by atoms with Crippen molar-refractivity contribution in [3.8, 4) is 0 Å². The maximum Gasteiger partial charge on any atom is 0.282 e. The van der Waals surface area contributed by atoms with Crippen LogP contribution in [0.5, 0.6) is 0 Å². The predicted molar refractivity (Wildman–Crippen MR) is 72.2 cm³/mol. The van der Waals surface area contributed by atoms with Crippen LogP contribution in [-0.4, -0.2) is 22.6 Å². The summed E-state index contributed by atoms with van der Waals surface area (Å²) >= 11 is 6.11. The maximum absolute atomic E-state index is 11.8. The summed E-state index contributed by atoms with van der Waals surface area (Å²) in [5, 5.41) is 4.34. The highest BCUT2D eigenvalue weighted by Gasteiger charge is 2.17. The van der Waals surface area contributed by atoms with Crippen molar-refractivity contribution in [2.24, 2.45) is 0 Å². The van der Waals surface area contributed by atoms with Gasteiger partial charge in [0.05, 0.1) is 22.3 Å². The molecule has 1 aromatic heterocycles. The van der Waals surface area contributed by atoms with Gasteiger partial charge < -0.3 is 9.88 Å². The molecule has 1 saturated heterocycles. The first-order valence-corrected chi connectivity index (χ1v) is 6.51. The second-order valence-electron chi connectivity index (χ2n) is 4.57. The van der Waals surface area contributed by atoms with Gasteiger partial charge in [0, 0.05) is 6.04 Å². The van der Waals surface area contributed by atoms with Crippen molar-refractivity contribution in [2.45, 2.75) is 18.9 Å². The lowest BCUT2D eigenvalue weighted by Crippen LogP contribution is -2.30. The van der Waals surface area contributed by atoms with Gasteiger partial charge in [-0.1, -0.05) is 17.7 Å². The monoisotopic (exact) mass is 263 g/mol. The Morgan fingerprint density at radius 1 is 1.33 bits per heavy atom. The Kier molecular flexibility index (Phi) is 3.06. The number of hydrogen-bond donors (Lipinski definition) is 1. The van der Waals surface area contributed by atoms with Crippen LogP contribution in [0.2, 0.25) is 5.02 Å². The van der Waals surface area contributed by atoms with Crippen molar-refractivity contribution in [1.29, 1.82) is 0 Å². The second-order valence-corrected chi connectivity index (χ2v) is 4.98. The zero-order chi connectivity index (χ0) is 12.5. The van der Waals surface area contributed by atoms with Crippen molar-refractivity contribution in [1.82, 2.24) is 14.9 Å². The summed E-state index contributed by atoms with van der Waals surface area (Å²) in [7, 11) is 0. The summed E-state index contributed by atoms with van der Waals surface area (Å²) in [4.78, 5) is 15.8. The van der Waals surface area contributed by atoms with Crippen LogP contribution in [0.3, 0.4) is 0 Å². The SMILES string of the molecule is O=c1ncn(C2CCNCC2)c2cccc(Cl)c12. The van der Waals surface area contributed by atoms with Crippen molar-refractivity contribution in [2.75, 3.05) is 13.1 Å². The fourth-order valence-electron chi connectivity index (χ4n) is 2.56. The molecule has 0 saturated carbocycles. The third kappa shape index (κ3) is 1.91. The number of benzene rings is 1. The molecule has 4 nitrogen and oxygen atoms in total. The molecule has 1 aliphatic rings. The minimum atomic E-state index is -0.249. The van der Waals surface area contributed by atoms with Crippen molar-refractivity contribution in [3.05, 3.63) is 39.9 Å². The number of rotatable bonds is 1. The third-order valence-electron chi connectivity index (χ3n) is 3.49. The number of piperidine rings is 1. The number of hydrogen-bond acceptors (Lipinski definition) is 3. The van der Waals surface area contributed by atoms with E-state index in [0.717, 1.165) is 31.4 Å². The minimum absolute atomic E-state index is 0.249. The molecule has 1 aromatic carbocycles. The number of fused-ring (bicyclic) bond motifs is 1. The Labute approximate surface area is 110 Å². The van der Waals surface area contributed by atoms with E-state index in [9.17, 15) is 4.79 Å². The smallest absolute Gasteiger partial charge is 0.282 e. The summed E-state index contributed by atoms with van der Waals surface area (Å²) in [5.74, 6) is 0. The van der Waals surface area contributed by atoms with Gasteiger partial charge in [-0.3, -0.25) is 4.79 Å². The highest BCUT2D eigenvalue weighted by atomic mass is 35.5. The van der Waals surface area contributed by atoms with E-state index in [1.54, 1.807) is 12.4 Å². The Morgan fingerprint density at radius 2 is 2.11 bits per heavy atom. The van der Waals surface area contributed by atoms with Crippen molar-refractivity contribution < 1.29 is 0 Å². The van der Waals surface area contributed by atoms with Gasteiger partial charge in [0.1, 0.15) is 0 Å². The molecule has 0 unspecified atom stereocenters. The molecule has 0 spiro atoms. The molecule has 1 fully saturated rings.